The number of carbonyl (C=O) groups is 2. The number of allylic oxidation sites excluding steroid dienone is 1. The Balaban J connectivity index is 1.47. The molecule has 4 atom stereocenters. The van der Waals surface area contributed by atoms with Crippen molar-refractivity contribution in [3.05, 3.63) is 35.7 Å². The molecule has 0 saturated carbocycles. The molecule has 4 rings (SSSR count). The van der Waals surface area contributed by atoms with E-state index in [1.165, 1.54) is 12.0 Å². The van der Waals surface area contributed by atoms with Crippen LogP contribution in [0.3, 0.4) is 0 Å². The molecule has 6 heteroatoms. The molecule has 0 aliphatic carbocycles. The lowest BCUT2D eigenvalue weighted by molar-refractivity contribution is -0.152. The SMILES string of the molecule is CC(C)=CCCN1C[C@H]2C[C@@H](C1)[C@H](CNC(=O)c1ccc[nH]1)N1C(=O)CCC[C@@H]21. The van der Waals surface area contributed by atoms with Crippen LogP contribution in [0.2, 0.25) is 0 Å². The standard InChI is InChI=1S/C23H34N4O2/c1-16(2)6-5-11-26-14-17-12-18(15-26)21(27-20(17)8-3-9-22(27)28)13-25-23(29)19-7-4-10-24-19/h4,6-7,10,17-18,20-21,24H,3,5,8-9,11-15H2,1-2H3,(H,25,29)/t17-,18+,20+,21+/m1/s1. The van der Waals surface area contributed by atoms with Crippen molar-refractivity contribution >= 4 is 11.8 Å². The Morgan fingerprint density at radius 1 is 1.31 bits per heavy atom. The molecular formula is C23H34N4O2. The average molecular weight is 399 g/mol. The van der Waals surface area contributed by atoms with Gasteiger partial charge in [0, 0.05) is 44.8 Å². The van der Waals surface area contributed by atoms with Crippen LogP contribution in [-0.4, -0.2) is 64.9 Å². The van der Waals surface area contributed by atoms with E-state index in [1.54, 1.807) is 12.3 Å². The Hall–Kier alpha value is -2.08. The zero-order chi connectivity index (χ0) is 20.4. The lowest BCUT2D eigenvalue weighted by atomic mass is 9.72. The van der Waals surface area contributed by atoms with Crippen molar-refractivity contribution in [3.63, 3.8) is 0 Å². The third-order valence-corrected chi connectivity index (χ3v) is 6.88. The molecule has 0 aromatic carbocycles. The predicted molar refractivity (Wildman–Crippen MR) is 113 cm³/mol. The smallest absolute Gasteiger partial charge is 0.267 e. The second kappa shape index (κ2) is 8.74. The summed E-state index contributed by atoms with van der Waals surface area (Å²) in [5.74, 6) is 1.20. The van der Waals surface area contributed by atoms with Crippen LogP contribution in [0.1, 0.15) is 56.4 Å². The number of carbonyl (C=O) groups excluding carboxylic acids is 2. The van der Waals surface area contributed by atoms with E-state index in [1.807, 2.05) is 6.07 Å². The lowest BCUT2D eigenvalue weighted by Gasteiger charge is -2.56. The molecule has 3 fully saturated rings. The molecule has 1 aromatic rings. The molecule has 3 saturated heterocycles. The number of hydrogen-bond acceptors (Lipinski definition) is 3. The number of aromatic nitrogens is 1. The van der Waals surface area contributed by atoms with Crippen LogP contribution < -0.4 is 5.32 Å². The maximum absolute atomic E-state index is 12.9. The van der Waals surface area contributed by atoms with Crippen molar-refractivity contribution in [1.29, 1.82) is 0 Å². The van der Waals surface area contributed by atoms with Gasteiger partial charge in [-0.25, -0.2) is 0 Å². The zero-order valence-corrected chi connectivity index (χ0v) is 17.7. The van der Waals surface area contributed by atoms with Crippen LogP contribution in [-0.2, 0) is 4.79 Å². The van der Waals surface area contributed by atoms with Crippen LogP contribution in [0.15, 0.2) is 30.0 Å². The van der Waals surface area contributed by atoms with E-state index in [0.29, 0.717) is 36.5 Å². The molecule has 6 nitrogen and oxygen atoms in total. The zero-order valence-electron chi connectivity index (χ0n) is 17.7. The van der Waals surface area contributed by atoms with Crippen molar-refractivity contribution < 1.29 is 9.59 Å². The van der Waals surface area contributed by atoms with Crippen molar-refractivity contribution in [3.8, 4) is 0 Å². The highest BCUT2D eigenvalue weighted by molar-refractivity contribution is 5.92. The van der Waals surface area contributed by atoms with Crippen molar-refractivity contribution in [2.24, 2.45) is 11.8 Å². The van der Waals surface area contributed by atoms with Crippen molar-refractivity contribution in [2.45, 2.75) is 58.0 Å². The fourth-order valence-corrected chi connectivity index (χ4v) is 5.62. The number of nitrogens with one attached hydrogen (secondary N) is 2. The topological polar surface area (TPSA) is 68.4 Å². The number of rotatable bonds is 6. The van der Waals surface area contributed by atoms with Gasteiger partial charge in [0.2, 0.25) is 5.91 Å². The minimum atomic E-state index is -0.0886. The number of piperidine rings is 3. The Labute approximate surface area is 173 Å². The summed E-state index contributed by atoms with van der Waals surface area (Å²) in [4.78, 5) is 33.1. The Kier molecular flexibility index (Phi) is 6.09. The van der Waals surface area contributed by atoms with Crippen LogP contribution in [0, 0.1) is 11.8 Å². The molecule has 2 amide bonds. The van der Waals surface area contributed by atoms with Gasteiger partial charge in [-0.2, -0.15) is 0 Å². The summed E-state index contributed by atoms with van der Waals surface area (Å²) in [7, 11) is 0. The van der Waals surface area contributed by atoms with Crippen molar-refractivity contribution in [1.82, 2.24) is 20.1 Å². The highest BCUT2D eigenvalue weighted by Crippen LogP contribution is 2.41. The van der Waals surface area contributed by atoms with E-state index in [-0.39, 0.29) is 17.9 Å². The molecule has 0 unspecified atom stereocenters. The lowest BCUT2D eigenvalue weighted by Crippen LogP contribution is -2.67. The maximum atomic E-state index is 12.9. The average Bonchev–Trinajstić information content (AvgIpc) is 3.23. The normalized spacial score (nSPS) is 29.3. The third kappa shape index (κ3) is 4.42. The van der Waals surface area contributed by atoms with E-state index >= 15 is 0 Å². The van der Waals surface area contributed by atoms with Crippen molar-refractivity contribution in [2.75, 3.05) is 26.2 Å². The number of likely N-dealkylation sites (tertiary alicyclic amines) is 1. The Bertz CT molecular complexity index is 753. The van der Waals surface area contributed by atoms with Crippen LogP contribution >= 0.6 is 0 Å². The van der Waals surface area contributed by atoms with Gasteiger partial charge in [-0.3, -0.25) is 9.59 Å². The van der Waals surface area contributed by atoms with Crippen LogP contribution in [0.5, 0.6) is 0 Å². The van der Waals surface area contributed by atoms with Gasteiger partial charge in [-0.1, -0.05) is 11.6 Å². The molecule has 2 N–H and O–H groups in total. The molecule has 158 valence electrons. The van der Waals surface area contributed by atoms with Gasteiger partial charge in [0.15, 0.2) is 0 Å². The molecule has 3 aliphatic heterocycles. The second-order valence-electron chi connectivity index (χ2n) is 9.21. The van der Waals surface area contributed by atoms with Gasteiger partial charge in [-0.05, 0) is 63.5 Å². The molecule has 0 radical (unpaired) electrons. The Morgan fingerprint density at radius 2 is 2.14 bits per heavy atom. The molecular weight excluding hydrogens is 364 g/mol. The van der Waals surface area contributed by atoms with E-state index in [4.69, 9.17) is 0 Å². The summed E-state index contributed by atoms with van der Waals surface area (Å²) in [5.41, 5.74) is 1.95. The minimum Gasteiger partial charge on any atom is -0.357 e. The second-order valence-corrected chi connectivity index (χ2v) is 9.21. The van der Waals surface area contributed by atoms with Gasteiger partial charge < -0.3 is 20.1 Å². The first-order valence-electron chi connectivity index (χ1n) is 11.1. The fourth-order valence-electron chi connectivity index (χ4n) is 5.62. The van der Waals surface area contributed by atoms with Gasteiger partial charge in [0.25, 0.3) is 5.91 Å². The number of nitrogens with zero attached hydrogens (tertiary/aromatic N) is 2. The third-order valence-electron chi connectivity index (χ3n) is 6.88. The van der Waals surface area contributed by atoms with Gasteiger partial charge in [0.1, 0.15) is 5.69 Å². The first-order valence-corrected chi connectivity index (χ1v) is 11.1. The maximum Gasteiger partial charge on any atom is 0.267 e. The highest BCUT2D eigenvalue weighted by Gasteiger charge is 2.49. The van der Waals surface area contributed by atoms with Crippen LogP contribution in [0.25, 0.3) is 0 Å². The number of H-pyrrole nitrogens is 1. The number of fused-ring (bicyclic) bond motifs is 4. The molecule has 0 spiro atoms. The summed E-state index contributed by atoms with van der Waals surface area (Å²) < 4.78 is 0. The summed E-state index contributed by atoms with van der Waals surface area (Å²) in [5, 5.41) is 3.09. The number of amides is 2. The summed E-state index contributed by atoms with van der Waals surface area (Å²) in [6.07, 6.45) is 9.10. The summed E-state index contributed by atoms with van der Waals surface area (Å²) >= 11 is 0. The first kappa shape index (κ1) is 20.2. The largest absolute Gasteiger partial charge is 0.357 e. The van der Waals surface area contributed by atoms with E-state index < -0.39 is 0 Å². The molecule has 2 bridgehead atoms. The predicted octanol–water partition coefficient (Wildman–Crippen LogP) is 2.80. The molecule has 1 aromatic heterocycles. The van der Waals surface area contributed by atoms with Gasteiger partial charge >= 0.3 is 0 Å². The van der Waals surface area contributed by atoms with Crippen LogP contribution in [0.4, 0.5) is 0 Å². The molecule has 3 aliphatic rings. The first-order chi connectivity index (χ1) is 14.0. The quantitative estimate of drug-likeness (QED) is 0.724. The van der Waals surface area contributed by atoms with E-state index in [9.17, 15) is 9.59 Å². The number of hydrogen-bond donors (Lipinski definition) is 2. The van der Waals surface area contributed by atoms with E-state index in [0.717, 1.165) is 38.9 Å². The fraction of sp³-hybridized carbons (Fsp3) is 0.652. The van der Waals surface area contributed by atoms with E-state index in [2.05, 4.69) is 40.0 Å². The summed E-state index contributed by atoms with van der Waals surface area (Å²) in [6, 6.07) is 4.06. The minimum absolute atomic E-state index is 0.0886. The summed E-state index contributed by atoms with van der Waals surface area (Å²) in [6.45, 7) is 8.05. The van der Waals surface area contributed by atoms with Gasteiger partial charge in [-0.15, -0.1) is 0 Å². The molecule has 4 heterocycles. The highest BCUT2D eigenvalue weighted by atomic mass is 16.2. The molecule has 29 heavy (non-hydrogen) atoms. The monoisotopic (exact) mass is 398 g/mol. The van der Waals surface area contributed by atoms with Gasteiger partial charge in [0.05, 0.1) is 6.04 Å². The number of aromatic amines is 1. The Morgan fingerprint density at radius 3 is 2.90 bits per heavy atom.